The van der Waals surface area contributed by atoms with Crippen molar-refractivity contribution in [2.24, 2.45) is 15.2 Å². The molecule has 1 amide bonds. The van der Waals surface area contributed by atoms with Crippen molar-refractivity contribution in [2.75, 3.05) is 5.32 Å². The van der Waals surface area contributed by atoms with Crippen LogP contribution in [-0.4, -0.2) is 50.7 Å². The monoisotopic (exact) mass is 758 g/mol. The van der Waals surface area contributed by atoms with Gasteiger partial charge >= 0.3 is 88.7 Å². The number of carbonyl (C=O) groups is 1. The Hall–Kier alpha value is -0.790. The Morgan fingerprint density at radius 2 is 1.45 bits per heavy atom. The average molecular weight is 759 g/mol. The van der Waals surface area contributed by atoms with Gasteiger partial charge in [-0.2, -0.15) is 16.8 Å². The van der Waals surface area contributed by atoms with Gasteiger partial charge < -0.3 is 20.1 Å². The number of azo groups is 1. The smallest absolute Gasteiger partial charge is 0.870 e. The molecule has 0 fully saturated rings. The van der Waals surface area contributed by atoms with Crippen LogP contribution in [0.4, 0.5) is 22.7 Å². The second-order valence-corrected chi connectivity index (χ2v) is 12.9. The molecule has 0 saturated carbocycles. The summed E-state index contributed by atoms with van der Waals surface area (Å²) in [7, 11) is -15.8. The molecule has 16 nitrogen and oxygen atoms in total. The van der Waals surface area contributed by atoms with E-state index in [9.17, 15) is 53.9 Å². The van der Waals surface area contributed by atoms with Crippen LogP contribution in [0.5, 0.6) is 5.75 Å². The molecule has 3 N–H and O–H groups in total. The Morgan fingerprint density at radius 1 is 0.909 bits per heavy atom. The SMILES string of the molecule is C=C(Br)C([O-])=Nc1ccc(S(=O)(=O)O)c(N=Nc2c(S(=O)(=O)O)cc3c(S(=O)(=O)[O-])ccc(NC(C)=O)c3c2[O-])c1.[Na+].[Na+].[Na+]. The van der Waals surface area contributed by atoms with E-state index in [0.29, 0.717) is 12.1 Å². The fourth-order valence-electron chi connectivity index (χ4n) is 3.37. The zero-order valence-electron chi connectivity index (χ0n) is 23.1. The van der Waals surface area contributed by atoms with E-state index in [2.05, 4.69) is 43.0 Å². The van der Waals surface area contributed by atoms with Crippen LogP contribution in [0.1, 0.15) is 6.92 Å². The van der Waals surface area contributed by atoms with Gasteiger partial charge in [-0.3, -0.25) is 18.9 Å². The summed E-state index contributed by atoms with van der Waals surface area (Å²) in [6.45, 7) is 4.34. The quantitative estimate of drug-likeness (QED) is 0.0636. The van der Waals surface area contributed by atoms with Crippen LogP contribution in [0.25, 0.3) is 10.8 Å². The maximum Gasteiger partial charge on any atom is 1.00 e. The molecule has 3 aromatic rings. The van der Waals surface area contributed by atoms with Gasteiger partial charge in [0.15, 0.2) is 0 Å². The van der Waals surface area contributed by atoms with Gasteiger partial charge in [-0.1, -0.05) is 28.3 Å². The third-order valence-electron chi connectivity index (χ3n) is 4.96. The Bertz CT molecular complexity index is 2040. The summed E-state index contributed by atoms with van der Waals surface area (Å²) in [4.78, 5) is 11.9. The molecule has 0 aliphatic rings. The maximum absolute atomic E-state index is 13.4. The number of nitrogens with zero attached hydrogens (tertiary/aromatic N) is 3. The third-order valence-corrected chi connectivity index (χ3v) is 7.96. The first-order valence-electron chi connectivity index (χ1n) is 10.4. The fraction of sp³-hybridized carbons (Fsp3) is 0.0476. The molecule has 218 valence electrons. The Balaban J connectivity index is 0.00000616. The number of hydrogen-bond donors (Lipinski definition) is 3. The van der Waals surface area contributed by atoms with Crippen LogP contribution >= 0.6 is 15.9 Å². The molecule has 3 rings (SSSR count). The number of carbonyl (C=O) groups excluding carboxylic acids is 1. The largest absolute Gasteiger partial charge is 1.00 e. The van der Waals surface area contributed by atoms with Crippen LogP contribution in [0, 0.1) is 0 Å². The zero-order valence-corrected chi connectivity index (χ0v) is 33.1. The second-order valence-electron chi connectivity index (χ2n) is 7.85. The Morgan fingerprint density at radius 3 is 1.93 bits per heavy atom. The first kappa shape index (κ1) is 43.2. The van der Waals surface area contributed by atoms with Gasteiger partial charge in [0.2, 0.25) is 5.91 Å². The Labute approximate surface area is 325 Å². The van der Waals surface area contributed by atoms with Gasteiger partial charge in [0.05, 0.1) is 16.3 Å². The summed E-state index contributed by atoms with van der Waals surface area (Å²) >= 11 is 2.80. The van der Waals surface area contributed by atoms with Crippen molar-refractivity contribution >= 4 is 91.6 Å². The number of nitrogens with one attached hydrogen (secondary N) is 1. The van der Waals surface area contributed by atoms with Gasteiger partial charge in [-0.05, 0) is 36.4 Å². The standard InChI is InChI=1S/C21H17BrN4O12S3.3Na/c1-9(22)21(29)24-11-3-5-16(40(33,34)35)14(7-11)25-26-19-17(41(36,37)38)8-12-15(39(30,31)32)6-4-13(23-10(2)27)18(12)20(19)28;;;/h3-8,28H,1H2,2H3,(H,23,27)(H,24,29)(H,30,31,32)(H,33,34,35)(H,36,37,38);;;/q;3*+1/p-3. The summed E-state index contributed by atoms with van der Waals surface area (Å²) in [5, 5.41) is 32.9. The summed E-state index contributed by atoms with van der Waals surface area (Å²) in [6.07, 6.45) is 0. The number of hydrogen-bond acceptors (Lipinski definition) is 13. The van der Waals surface area contributed by atoms with Crippen LogP contribution < -0.4 is 104 Å². The van der Waals surface area contributed by atoms with Gasteiger partial charge in [0.1, 0.15) is 25.6 Å². The molecule has 0 spiro atoms. The molecule has 44 heavy (non-hydrogen) atoms. The molecule has 0 aromatic heterocycles. The average Bonchev–Trinajstić information content (AvgIpc) is 2.80. The number of aliphatic imine (C=N–C) groups is 1. The molecular weight excluding hydrogens is 745 g/mol. The number of fused-ring (bicyclic) bond motifs is 1. The van der Waals surface area contributed by atoms with E-state index in [1.54, 1.807) is 0 Å². The second kappa shape index (κ2) is 16.4. The predicted octanol–water partition coefficient (Wildman–Crippen LogP) is -7.00. The van der Waals surface area contributed by atoms with Gasteiger partial charge in [0, 0.05) is 33.8 Å². The maximum atomic E-state index is 13.4. The molecule has 0 bridgehead atoms. The zero-order chi connectivity index (χ0) is 31.1. The van der Waals surface area contributed by atoms with Gasteiger partial charge in [-0.15, -0.1) is 10.2 Å². The van der Waals surface area contributed by atoms with E-state index in [0.717, 1.165) is 31.2 Å². The van der Waals surface area contributed by atoms with Crippen LogP contribution in [0.2, 0.25) is 0 Å². The molecule has 0 saturated heterocycles. The number of halogens is 1. The van der Waals surface area contributed by atoms with Crippen molar-refractivity contribution in [3.05, 3.63) is 47.5 Å². The van der Waals surface area contributed by atoms with E-state index < -0.39 is 84.7 Å². The van der Waals surface area contributed by atoms with Crippen molar-refractivity contribution in [2.45, 2.75) is 21.6 Å². The number of benzene rings is 3. The fourth-order valence-corrected chi connectivity index (χ4v) is 5.38. The normalized spacial score (nSPS) is 12.2. The Kier molecular flexibility index (Phi) is 16.1. The van der Waals surface area contributed by atoms with Crippen molar-refractivity contribution in [1.29, 1.82) is 0 Å². The van der Waals surface area contributed by atoms with Crippen molar-refractivity contribution in [1.82, 2.24) is 0 Å². The number of anilines is 1. The molecule has 3 aromatic carbocycles. The topological polar surface area (TPSA) is 278 Å². The van der Waals surface area contributed by atoms with E-state index in [1.807, 2.05) is 0 Å². The molecule has 23 heteroatoms. The first-order valence-corrected chi connectivity index (χ1v) is 15.5. The third kappa shape index (κ3) is 10.4. The van der Waals surface area contributed by atoms with E-state index in [-0.39, 0.29) is 105 Å². The minimum Gasteiger partial charge on any atom is -0.870 e. The molecule has 0 atom stereocenters. The number of rotatable bonds is 8. The molecule has 0 radical (unpaired) electrons. The first-order chi connectivity index (χ1) is 18.7. The van der Waals surface area contributed by atoms with Crippen molar-refractivity contribution in [3.63, 3.8) is 0 Å². The predicted molar refractivity (Wildman–Crippen MR) is 141 cm³/mol. The van der Waals surface area contributed by atoms with Gasteiger partial charge in [0.25, 0.3) is 20.2 Å². The minimum absolute atomic E-state index is 0. The summed E-state index contributed by atoms with van der Waals surface area (Å²) < 4.78 is 103. The van der Waals surface area contributed by atoms with Gasteiger partial charge in [-0.25, -0.2) is 8.42 Å². The van der Waals surface area contributed by atoms with E-state index in [4.69, 9.17) is 0 Å². The molecular formula is C21H14BrN4Na3O12S3. The molecule has 0 unspecified atom stereocenters. The molecule has 0 heterocycles. The van der Waals surface area contributed by atoms with E-state index >= 15 is 0 Å². The van der Waals surface area contributed by atoms with Crippen LogP contribution in [0.3, 0.4) is 0 Å². The number of amides is 1. The van der Waals surface area contributed by atoms with Crippen molar-refractivity contribution in [3.8, 4) is 5.75 Å². The molecule has 0 aliphatic carbocycles. The summed E-state index contributed by atoms with van der Waals surface area (Å²) in [5.41, 5.74) is -2.59. The van der Waals surface area contributed by atoms with Crippen LogP contribution in [-0.2, 0) is 35.1 Å². The summed E-state index contributed by atoms with van der Waals surface area (Å²) in [6, 6.07) is 4.55. The van der Waals surface area contributed by atoms with Crippen molar-refractivity contribution < 1.29 is 143 Å². The molecule has 0 aliphatic heterocycles. The van der Waals surface area contributed by atoms with E-state index in [1.165, 1.54) is 0 Å². The van der Waals surface area contributed by atoms with Crippen LogP contribution in [0.15, 0.2) is 77.4 Å². The summed E-state index contributed by atoms with van der Waals surface area (Å²) in [5.74, 6) is -3.12. The minimum atomic E-state index is -5.41.